The summed E-state index contributed by atoms with van der Waals surface area (Å²) in [5, 5.41) is 2.01. The third-order valence-electron chi connectivity index (χ3n) is 2.68. The molecule has 2 aromatic carbocycles. The fourth-order valence-corrected chi connectivity index (χ4v) is 1.83. The van der Waals surface area contributed by atoms with Gasteiger partial charge in [0.25, 0.3) is 0 Å². The number of methoxy groups -OCH3 is 1. The molecule has 0 N–H and O–H groups in total. The van der Waals surface area contributed by atoms with Gasteiger partial charge in [-0.1, -0.05) is 36.3 Å². The number of hydrogen-bond donors (Lipinski definition) is 0. The monoisotopic (exact) mass is 254 g/mol. The Labute approximate surface area is 112 Å². The molecule has 0 aliphatic rings. The molecule has 0 saturated heterocycles. The van der Waals surface area contributed by atoms with Crippen LogP contribution < -0.4 is 4.74 Å². The largest absolute Gasteiger partial charge is 0.495 e. The number of carbonyl (C=O) groups is 1. The second kappa shape index (κ2) is 5.92. The molecule has 2 aromatic rings. The van der Waals surface area contributed by atoms with E-state index in [2.05, 4.69) is 11.8 Å². The maximum absolute atomic E-state index is 11.3. The highest BCUT2D eigenvalue weighted by Crippen LogP contribution is 2.26. The van der Waals surface area contributed by atoms with Crippen LogP contribution in [0.15, 0.2) is 36.4 Å². The first-order valence-electron chi connectivity index (χ1n) is 6.00. The van der Waals surface area contributed by atoms with Crippen LogP contribution in [0.5, 0.6) is 5.75 Å². The minimum absolute atomic E-state index is 0.320. The van der Waals surface area contributed by atoms with Crippen molar-refractivity contribution in [2.75, 3.05) is 13.7 Å². The van der Waals surface area contributed by atoms with Crippen LogP contribution in [-0.4, -0.2) is 19.7 Å². The van der Waals surface area contributed by atoms with Crippen LogP contribution in [0, 0.1) is 11.8 Å². The first-order chi connectivity index (χ1) is 9.26. The molecule has 0 aliphatic heterocycles. The first kappa shape index (κ1) is 13.0. The zero-order chi connectivity index (χ0) is 13.7. The van der Waals surface area contributed by atoms with Gasteiger partial charge in [0.05, 0.1) is 19.3 Å². The number of benzene rings is 2. The summed E-state index contributed by atoms with van der Waals surface area (Å²) in [7, 11) is 1.58. The molecule has 3 heteroatoms. The van der Waals surface area contributed by atoms with E-state index < -0.39 is 5.97 Å². The number of esters is 1. The summed E-state index contributed by atoms with van der Waals surface area (Å²) in [6, 6.07) is 11.6. The lowest BCUT2D eigenvalue weighted by Gasteiger charge is -2.06. The van der Waals surface area contributed by atoms with Gasteiger partial charge in [-0.2, -0.15) is 0 Å². The average Bonchev–Trinajstić information content (AvgIpc) is 2.44. The molecule has 0 bridgehead atoms. The first-order valence-corrected chi connectivity index (χ1v) is 6.00. The minimum atomic E-state index is -0.530. The predicted octanol–water partition coefficient (Wildman–Crippen LogP) is 2.76. The molecule has 0 saturated carbocycles. The van der Waals surface area contributed by atoms with E-state index in [1.54, 1.807) is 14.0 Å². The molecule has 0 fully saturated rings. The zero-order valence-electron chi connectivity index (χ0n) is 10.9. The summed E-state index contributed by atoms with van der Waals surface area (Å²) in [6.45, 7) is 2.07. The molecule has 0 atom stereocenters. The molecule has 0 heterocycles. The van der Waals surface area contributed by atoms with Crippen LogP contribution >= 0.6 is 0 Å². The van der Waals surface area contributed by atoms with E-state index in [1.807, 2.05) is 36.4 Å². The van der Waals surface area contributed by atoms with Crippen molar-refractivity contribution in [1.29, 1.82) is 0 Å². The second-order valence-corrected chi connectivity index (χ2v) is 3.83. The molecule has 2 rings (SSSR count). The smallest absolute Gasteiger partial charge is 0.384 e. The Morgan fingerprint density at radius 1 is 1.21 bits per heavy atom. The van der Waals surface area contributed by atoms with Gasteiger partial charge < -0.3 is 9.47 Å². The average molecular weight is 254 g/mol. The summed E-state index contributed by atoms with van der Waals surface area (Å²) in [5.41, 5.74) is 0.702. The molecule has 0 aliphatic carbocycles. The second-order valence-electron chi connectivity index (χ2n) is 3.83. The number of rotatable bonds is 2. The third-order valence-corrected chi connectivity index (χ3v) is 2.68. The summed E-state index contributed by atoms with van der Waals surface area (Å²) in [6.07, 6.45) is 0. The SMILES string of the molecule is CCOC(=O)C#Cc1c(OC)ccc2ccccc12. The highest BCUT2D eigenvalue weighted by atomic mass is 16.5. The van der Waals surface area contributed by atoms with Crippen molar-refractivity contribution in [3.63, 3.8) is 0 Å². The van der Waals surface area contributed by atoms with E-state index in [0.717, 1.165) is 10.8 Å². The fraction of sp³-hybridized carbons (Fsp3) is 0.188. The summed E-state index contributed by atoms with van der Waals surface area (Å²) in [4.78, 5) is 11.3. The summed E-state index contributed by atoms with van der Waals surface area (Å²) >= 11 is 0. The lowest BCUT2D eigenvalue weighted by molar-refractivity contribution is -0.136. The Balaban J connectivity index is 2.53. The van der Waals surface area contributed by atoms with Crippen LogP contribution in [0.3, 0.4) is 0 Å². The maximum atomic E-state index is 11.3. The normalized spacial score (nSPS) is 9.58. The van der Waals surface area contributed by atoms with Crippen molar-refractivity contribution in [3.05, 3.63) is 42.0 Å². The molecule has 0 amide bonds. The van der Waals surface area contributed by atoms with Gasteiger partial charge in [-0.05, 0) is 18.4 Å². The van der Waals surface area contributed by atoms with Gasteiger partial charge in [0, 0.05) is 11.3 Å². The number of hydrogen-bond acceptors (Lipinski definition) is 3. The van der Waals surface area contributed by atoms with Gasteiger partial charge in [0.15, 0.2) is 0 Å². The number of carbonyl (C=O) groups excluding carboxylic acids is 1. The third kappa shape index (κ3) is 2.86. The van der Waals surface area contributed by atoms with E-state index in [4.69, 9.17) is 9.47 Å². The van der Waals surface area contributed by atoms with Gasteiger partial charge in [0.2, 0.25) is 0 Å². The van der Waals surface area contributed by atoms with E-state index >= 15 is 0 Å². The lowest BCUT2D eigenvalue weighted by Crippen LogP contribution is -2.00. The Kier molecular flexibility index (Phi) is 4.04. The van der Waals surface area contributed by atoms with E-state index in [9.17, 15) is 4.79 Å². The summed E-state index contributed by atoms with van der Waals surface area (Å²) in [5.74, 6) is 5.44. The number of fused-ring (bicyclic) bond motifs is 1. The van der Waals surface area contributed by atoms with Crippen LogP contribution in [0.2, 0.25) is 0 Å². The predicted molar refractivity (Wildman–Crippen MR) is 74.0 cm³/mol. The molecule has 96 valence electrons. The van der Waals surface area contributed by atoms with Crippen LogP contribution in [0.4, 0.5) is 0 Å². The van der Waals surface area contributed by atoms with Crippen molar-refractivity contribution in [2.45, 2.75) is 6.92 Å². The lowest BCUT2D eigenvalue weighted by atomic mass is 10.0. The Morgan fingerprint density at radius 2 is 2.00 bits per heavy atom. The maximum Gasteiger partial charge on any atom is 0.384 e. The Morgan fingerprint density at radius 3 is 2.74 bits per heavy atom. The Hall–Kier alpha value is -2.47. The van der Waals surface area contributed by atoms with E-state index in [0.29, 0.717) is 17.9 Å². The molecule has 0 aromatic heterocycles. The number of ether oxygens (including phenoxy) is 2. The zero-order valence-corrected chi connectivity index (χ0v) is 10.9. The molecule has 0 radical (unpaired) electrons. The van der Waals surface area contributed by atoms with Crippen molar-refractivity contribution in [2.24, 2.45) is 0 Å². The van der Waals surface area contributed by atoms with E-state index in [-0.39, 0.29) is 0 Å². The van der Waals surface area contributed by atoms with Crippen molar-refractivity contribution in [3.8, 4) is 17.6 Å². The standard InChI is InChI=1S/C16H14O3/c1-3-19-16(17)11-9-14-13-7-5-4-6-12(13)8-10-15(14)18-2/h4-8,10H,3H2,1-2H3. The summed E-state index contributed by atoms with van der Waals surface area (Å²) < 4.78 is 10.1. The quantitative estimate of drug-likeness (QED) is 0.610. The van der Waals surface area contributed by atoms with Gasteiger partial charge in [0.1, 0.15) is 5.75 Å². The molecular weight excluding hydrogens is 240 g/mol. The van der Waals surface area contributed by atoms with Crippen molar-refractivity contribution >= 4 is 16.7 Å². The molecular formula is C16H14O3. The van der Waals surface area contributed by atoms with Gasteiger partial charge in [-0.15, -0.1) is 0 Å². The van der Waals surface area contributed by atoms with E-state index in [1.165, 1.54) is 0 Å². The molecule has 0 spiro atoms. The van der Waals surface area contributed by atoms with Crippen LogP contribution in [0.1, 0.15) is 12.5 Å². The molecule has 0 unspecified atom stereocenters. The highest BCUT2D eigenvalue weighted by molar-refractivity contribution is 5.94. The molecule has 3 nitrogen and oxygen atoms in total. The van der Waals surface area contributed by atoms with Gasteiger partial charge in [-0.25, -0.2) is 4.79 Å². The van der Waals surface area contributed by atoms with Crippen molar-refractivity contribution < 1.29 is 14.3 Å². The topological polar surface area (TPSA) is 35.5 Å². The highest BCUT2D eigenvalue weighted by Gasteiger charge is 2.06. The molecule has 19 heavy (non-hydrogen) atoms. The minimum Gasteiger partial charge on any atom is -0.495 e. The van der Waals surface area contributed by atoms with Crippen LogP contribution in [-0.2, 0) is 9.53 Å². The Bertz CT molecular complexity index is 662. The van der Waals surface area contributed by atoms with Gasteiger partial charge >= 0.3 is 5.97 Å². The fourth-order valence-electron chi connectivity index (χ4n) is 1.83. The van der Waals surface area contributed by atoms with Crippen LogP contribution in [0.25, 0.3) is 10.8 Å². The van der Waals surface area contributed by atoms with Crippen molar-refractivity contribution in [1.82, 2.24) is 0 Å². The van der Waals surface area contributed by atoms with Gasteiger partial charge in [-0.3, -0.25) is 0 Å².